The predicted molar refractivity (Wildman–Crippen MR) is 129 cm³/mol. The lowest BCUT2D eigenvalue weighted by atomic mass is 10.0. The lowest BCUT2D eigenvalue weighted by Gasteiger charge is -2.16. The standard InChI is InChI=1S/C21H25N5O3.2ClH/c1-11(2)10-26-18-17(20(28)25-21(26)29)13(9-16(23-18)12(3)4)19(27)24-15-8-6-5-7-14(15)22;;/h5-9,11-12H,10,22H2,1-4H3,(H,24,27)(H,25,28,29);2*1H. The fraction of sp³-hybridized carbons (Fsp3) is 0.333. The molecule has 4 N–H and O–H groups in total. The molecule has 3 aromatic rings. The van der Waals surface area contributed by atoms with Crippen LogP contribution in [0.3, 0.4) is 0 Å². The van der Waals surface area contributed by atoms with Gasteiger partial charge in [-0.1, -0.05) is 39.8 Å². The Morgan fingerprint density at radius 2 is 1.81 bits per heavy atom. The van der Waals surface area contributed by atoms with Crippen molar-refractivity contribution in [3.63, 3.8) is 0 Å². The molecule has 0 bridgehead atoms. The Labute approximate surface area is 192 Å². The molecule has 0 radical (unpaired) electrons. The van der Waals surface area contributed by atoms with Gasteiger partial charge >= 0.3 is 5.69 Å². The molecule has 1 aromatic carbocycles. The van der Waals surface area contributed by atoms with E-state index in [0.29, 0.717) is 23.6 Å². The van der Waals surface area contributed by atoms with E-state index in [1.165, 1.54) is 4.57 Å². The molecule has 2 aromatic heterocycles. The van der Waals surface area contributed by atoms with Crippen molar-refractivity contribution in [1.82, 2.24) is 14.5 Å². The number of anilines is 2. The van der Waals surface area contributed by atoms with Gasteiger partial charge in [-0.05, 0) is 30.0 Å². The number of rotatable bonds is 5. The first-order chi connectivity index (χ1) is 13.7. The van der Waals surface area contributed by atoms with E-state index >= 15 is 0 Å². The molecule has 10 heteroatoms. The van der Waals surface area contributed by atoms with E-state index < -0.39 is 17.2 Å². The Morgan fingerprint density at radius 3 is 2.39 bits per heavy atom. The average molecular weight is 468 g/mol. The fourth-order valence-corrected chi connectivity index (χ4v) is 3.10. The summed E-state index contributed by atoms with van der Waals surface area (Å²) in [6.07, 6.45) is 0. The first kappa shape index (κ1) is 26.2. The molecule has 31 heavy (non-hydrogen) atoms. The predicted octanol–water partition coefficient (Wildman–Crippen LogP) is 3.54. The number of halogens is 2. The summed E-state index contributed by atoms with van der Waals surface area (Å²) in [4.78, 5) is 45.0. The normalized spacial score (nSPS) is 10.6. The molecule has 0 saturated carbocycles. The molecule has 1 amide bonds. The van der Waals surface area contributed by atoms with Gasteiger partial charge in [-0.3, -0.25) is 19.1 Å². The second kappa shape index (κ2) is 10.5. The second-order valence-electron chi connectivity index (χ2n) is 7.75. The first-order valence-corrected chi connectivity index (χ1v) is 9.52. The van der Waals surface area contributed by atoms with Gasteiger partial charge in [-0.25, -0.2) is 9.78 Å². The van der Waals surface area contributed by atoms with Crippen molar-refractivity contribution in [1.29, 1.82) is 0 Å². The maximum atomic E-state index is 13.1. The summed E-state index contributed by atoms with van der Waals surface area (Å²) in [7, 11) is 0. The van der Waals surface area contributed by atoms with Crippen LogP contribution >= 0.6 is 24.8 Å². The van der Waals surface area contributed by atoms with Crippen molar-refractivity contribution < 1.29 is 4.79 Å². The number of carbonyl (C=O) groups is 1. The number of hydrogen-bond acceptors (Lipinski definition) is 5. The number of nitrogen functional groups attached to an aromatic ring is 1. The minimum Gasteiger partial charge on any atom is -0.397 e. The molecule has 0 aliphatic carbocycles. The molecule has 168 valence electrons. The number of nitrogens with two attached hydrogens (primary N) is 1. The molecule has 0 unspecified atom stereocenters. The van der Waals surface area contributed by atoms with Crippen LogP contribution in [0.15, 0.2) is 39.9 Å². The SMILES string of the molecule is CC(C)Cn1c(=O)[nH]c(=O)c2c(C(=O)Nc3ccccc3N)cc(C(C)C)nc21.Cl.Cl. The summed E-state index contributed by atoms with van der Waals surface area (Å²) < 4.78 is 1.42. The topological polar surface area (TPSA) is 123 Å². The van der Waals surface area contributed by atoms with Crippen LogP contribution in [0.5, 0.6) is 0 Å². The molecule has 0 fully saturated rings. The monoisotopic (exact) mass is 467 g/mol. The van der Waals surface area contributed by atoms with Gasteiger partial charge in [0.15, 0.2) is 5.65 Å². The molecule has 0 spiro atoms. The van der Waals surface area contributed by atoms with E-state index in [2.05, 4.69) is 15.3 Å². The number of carbonyl (C=O) groups excluding carboxylic acids is 1. The molecule has 0 saturated heterocycles. The quantitative estimate of drug-likeness (QED) is 0.495. The Bertz CT molecular complexity index is 1200. The zero-order chi connectivity index (χ0) is 21.3. The zero-order valence-electron chi connectivity index (χ0n) is 17.8. The number of fused-ring (bicyclic) bond motifs is 1. The third-order valence-electron chi connectivity index (χ3n) is 4.56. The van der Waals surface area contributed by atoms with Crippen molar-refractivity contribution in [3.8, 4) is 0 Å². The van der Waals surface area contributed by atoms with Gasteiger partial charge in [0, 0.05) is 12.2 Å². The number of nitrogens with one attached hydrogen (secondary N) is 2. The Balaban J connectivity index is 0.00000240. The number of nitrogens with zero attached hydrogens (tertiary/aromatic N) is 2. The highest BCUT2D eigenvalue weighted by molar-refractivity contribution is 6.12. The lowest BCUT2D eigenvalue weighted by Crippen LogP contribution is -2.33. The maximum absolute atomic E-state index is 13.1. The summed E-state index contributed by atoms with van der Waals surface area (Å²) >= 11 is 0. The minimum atomic E-state index is -0.640. The number of amides is 1. The molecule has 0 aliphatic heterocycles. The van der Waals surface area contributed by atoms with Gasteiger partial charge in [-0.2, -0.15) is 0 Å². The zero-order valence-corrected chi connectivity index (χ0v) is 19.4. The summed E-state index contributed by atoms with van der Waals surface area (Å²) in [5, 5.41) is 2.84. The van der Waals surface area contributed by atoms with Gasteiger partial charge in [0.05, 0.1) is 22.3 Å². The summed E-state index contributed by atoms with van der Waals surface area (Å²) in [6, 6.07) is 8.47. The third-order valence-corrected chi connectivity index (χ3v) is 4.56. The highest BCUT2D eigenvalue weighted by atomic mass is 35.5. The van der Waals surface area contributed by atoms with Crippen molar-refractivity contribution >= 4 is 53.1 Å². The molecular formula is C21H27Cl2N5O3. The lowest BCUT2D eigenvalue weighted by molar-refractivity contribution is 0.102. The summed E-state index contributed by atoms with van der Waals surface area (Å²) in [5.74, 6) is -0.347. The highest BCUT2D eigenvalue weighted by Gasteiger charge is 2.21. The van der Waals surface area contributed by atoms with Crippen molar-refractivity contribution in [3.05, 3.63) is 62.4 Å². The van der Waals surface area contributed by atoms with Crippen LogP contribution in [0.1, 0.15) is 49.7 Å². The van der Waals surface area contributed by atoms with Crippen molar-refractivity contribution in [2.24, 2.45) is 5.92 Å². The number of aromatic nitrogens is 3. The van der Waals surface area contributed by atoms with Crippen LogP contribution in [0.4, 0.5) is 11.4 Å². The summed E-state index contributed by atoms with van der Waals surface area (Å²) in [5.41, 5.74) is 6.59. The Hall–Kier alpha value is -2.84. The Kier molecular flexibility index (Phi) is 8.84. The maximum Gasteiger partial charge on any atom is 0.330 e. The van der Waals surface area contributed by atoms with E-state index in [1.807, 2.05) is 27.7 Å². The van der Waals surface area contributed by atoms with Gasteiger partial charge in [0.1, 0.15) is 0 Å². The van der Waals surface area contributed by atoms with E-state index in [0.717, 1.165) is 0 Å². The molecule has 0 aliphatic rings. The molecule has 3 rings (SSSR count). The number of benzene rings is 1. The van der Waals surface area contributed by atoms with Crippen molar-refractivity contribution in [2.45, 2.75) is 40.2 Å². The van der Waals surface area contributed by atoms with Gasteiger partial charge in [0.25, 0.3) is 11.5 Å². The van der Waals surface area contributed by atoms with Crippen LogP contribution in [0.2, 0.25) is 0 Å². The van der Waals surface area contributed by atoms with Crippen LogP contribution < -0.4 is 22.3 Å². The second-order valence-corrected chi connectivity index (χ2v) is 7.75. The van der Waals surface area contributed by atoms with Crippen LogP contribution in [-0.2, 0) is 6.54 Å². The molecule has 8 nitrogen and oxygen atoms in total. The van der Waals surface area contributed by atoms with E-state index in [4.69, 9.17) is 5.73 Å². The highest BCUT2D eigenvalue weighted by Crippen LogP contribution is 2.23. The van der Waals surface area contributed by atoms with Gasteiger partial charge in [-0.15, -0.1) is 24.8 Å². The largest absolute Gasteiger partial charge is 0.397 e. The van der Waals surface area contributed by atoms with Gasteiger partial charge < -0.3 is 11.1 Å². The van der Waals surface area contributed by atoms with Crippen LogP contribution in [0, 0.1) is 5.92 Å². The number of H-pyrrole nitrogens is 1. The number of hydrogen-bond donors (Lipinski definition) is 3. The number of aromatic amines is 1. The van der Waals surface area contributed by atoms with E-state index in [9.17, 15) is 14.4 Å². The fourth-order valence-electron chi connectivity index (χ4n) is 3.10. The van der Waals surface area contributed by atoms with Crippen LogP contribution in [0.25, 0.3) is 11.0 Å². The van der Waals surface area contributed by atoms with Crippen molar-refractivity contribution in [2.75, 3.05) is 11.1 Å². The van der Waals surface area contributed by atoms with Crippen LogP contribution in [-0.4, -0.2) is 20.4 Å². The van der Waals surface area contributed by atoms with E-state index in [-0.39, 0.29) is 53.2 Å². The smallest absolute Gasteiger partial charge is 0.330 e. The summed E-state index contributed by atoms with van der Waals surface area (Å²) in [6.45, 7) is 8.16. The van der Waals surface area contributed by atoms with E-state index in [1.54, 1.807) is 30.3 Å². The first-order valence-electron chi connectivity index (χ1n) is 9.52. The number of pyridine rings is 1. The third kappa shape index (κ3) is 5.45. The molecular weight excluding hydrogens is 441 g/mol. The van der Waals surface area contributed by atoms with Gasteiger partial charge in [0.2, 0.25) is 0 Å². The minimum absolute atomic E-state index is 0. The Morgan fingerprint density at radius 1 is 1.16 bits per heavy atom. The average Bonchev–Trinajstić information content (AvgIpc) is 2.65. The molecule has 2 heterocycles. The number of para-hydroxylation sites is 2. The molecule has 0 atom stereocenters.